The SMILES string of the molecule is Nc1cc(Cl)c(Oc2ccc(Br)cc2Cl)c(C(=O)O)c1. The summed E-state index contributed by atoms with van der Waals surface area (Å²) in [5.41, 5.74) is 5.68. The first-order chi connectivity index (χ1) is 9.38. The molecule has 0 atom stereocenters. The monoisotopic (exact) mass is 375 g/mol. The molecule has 0 aliphatic heterocycles. The van der Waals surface area contributed by atoms with Crippen LogP contribution in [0.3, 0.4) is 0 Å². The highest BCUT2D eigenvalue weighted by Gasteiger charge is 2.18. The van der Waals surface area contributed by atoms with Crippen LogP contribution in [0.4, 0.5) is 5.69 Å². The molecule has 0 spiro atoms. The predicted molar refractivity (Wildman–Crippen MR) is 82.0 cm³/mol. The Morgan fingerprint density at radius 2 is 1.90 bits per heavy atom. The number of nitrogen functional groups attached to an aromatic ring is 1. The number of halogens is 3. The molecule has 0 bridgehead atoms. The third-order valence-electron chi connectivity index (χ3n) is 2.40. The summed E-state index contributed by atoms with van der Waals surface area (Å²) in [6.07, 6.45) is 0. The maximum Gasteiger partial charge on any atom is 0.339 e. The first-order valence-corrected chi connectivity index (χ1v) is 6.88. The molecule has 3 N–H and O–H groups in total. The largest absolute Gasteiger partial charge is 0.478 e. The molecular weight excluding hydrogens is 369 g/mol. The van der Waals surface area contributed by atoms with E-state index in [9.17, 15) is 9.90 Å². The van der Waals surface area contributed by atoms with Crippen LogP contribution >= 0.6 is 39.1 Å². The molecule has 4 nitrogen and oxygen atoms in total. The van der Waals surface area contributed by atoms with E-state index in [2.05, 4.69) is 15.9 Å². The van der Waals surface area contributed by atoms with Crippen LogP contribution in [-0.2, 0) is 0 Å². The molecule has 0 fully saturated rings. The van der Waals surface area contributed by atoms with Crippen LogP contribution in [0.15, 0.2) is 34.8 Å². The maximum absolute atomic E-state index is 11.2. The zero-order chi connectivity index (χ0) is 14.9. The number of hydrogen-bond donors (Lipinski definition) is 2. The number of ether oxygens (including phenoxy) is 1. The van der Waals surface area contributed by atoms with E-state index in [0.717, 1.165) is 4.47 Å². The normalized spacial score (nSPS) is 10.3. The first kappa shape index (κ1) is 15.0. The van der Waals surface area contributed by atoms with Gasteiger partial charge in [0.2, 0.25) is 0 Å². The lowest BCUT2D eigenvalue weighted by Crippen LogP contribution is -2.02. The van der Waals surface area contributed by atoms with Crippen molar-refractivity contribution in [1.82, 2.24) is 0 Å². The van der Waals surface area contributed by atoms with E-state index in [4.69, 9.17) is 33.7 Å². The average Bonchev–Trinajstić information content (AvgIpc) is 2.34. The minimum Gasteiger partial charge on any atom is -0.478 e. The van der Waals surface area contributed by atoms with Crippen molar-refractivity contribution in [2.24, 2.45) is 0 Å². The second-order valence-corrected chi connectivity index (χ2v) is 5.59. The standard InChI is InChI=1S/C13H8BrCl2NO3/c14-6-1-2-11(9(15)3-6)20-12-8(13(18)19)4-7(17)5-10(12)16/h1-5H,17H2,(H,18,19). The van der Waals surface area contributed by atoms with Crippen LogP contribution in [0.1, 0.15) is 10.4 Å². The lowest BCUT2D eigenvalue weighted by atomic mass is 10.2. The van der Waals surface area contributed by atoms with Crippen LogP contribution in [0, 0.1) is 0 Å². The van der Waals surface area contributed by atoms with E-state index in [1.807, 2.05) is 0 Å². The Bertz CT molecular complexity index is 692. The molecule has 0 saturated carbocycles. The summed E-state index contributed by atoms with van der Waals surface area (Å²) >= 11 is 15.3. The van der Waals surface area contributed by atoms with Crippen molar-refractivity contribution < 1.29 is 14.6 Å². The molecule has 0 saturated heterocycles. The van der Waals surface area contributed by atoms with Crippen molar-refractivity contribution >= 4 is 50.8 Å². The van der Waals surface area contributed by atoms with Crippen LogP contribution in [0.25, 0.3) is 0 Å². The molecule has 2 rings (SSSR count). The van der Waals surface area contributed by atoms with E-state index in [1.54, 1.807) is 18.2 Å². The molecule has 0 unspecified atom stereocenters. The smallest absolute Gasteiger partial charge is 0.339 e. The van der Waals surface area contributed by atoms with Gasteiger partial charge < -0.3 is 15.6 Å². The van der Waals surface area contributed by atoms with Gasteiger partial charge in [0.1, 0.15) is 11.3 Å². The fraction of sp³-hybridized carbons (Fsp3) is 0. The molecule has 0 aliphatic rings. The molecule has 2 aromatic rings. The third-order valence-corrected chi connectivity index (χ3v) is 3.47. The van der Waals surface area contributed by atoms with Crippen molar-refractivity contribution in [3.05, 3.63) is 50.4 Å². The Morgan fingerprint density at radius 3 is 2.50 bits per heavy atom. The summed E-state index contributed by atoms with van der Waals surface area (Å²) in [5.74, 6) is -0.899. The van der Waals surface area contributed by atoms with Gasteiger partial charge in [-0.15, -0.1) is 0 Å². The lowest BCUT2D eigenvalue weighted by Gasteiger charge is -2.12. The van der Waals surface area contributed by atoms with Crippen LogP contribution in [0.2, 0.25) is 10.0 Å². The summed E-state index contributed by atoms with van der Waals surface area (Å²) in [7, 11) is 0. The second-order valence-electron chi connectivity index (χ2n) is 3.86. The lowest BCUT2D eigenvalue weighted by molar-refractivity contribution is 0.0694. The van der Waals surface area contributed by atoms with Crippen LogP contribution < -0.4 is 10.5 Å². The number of rotatable bonds is 3. The molecule has 0 radical (unpaired) electrons. The van der Waals surface area contributed by atoms with E-state index in [-0.39, 0.29) is 22.0 Å². The third kappa shape index (κ3) is 3.17. The minimum absolute atomic E-state index is 0.00223. The molecule has 2 aromatic carbocycles. The number of anilines is 1. The van der Waals surface area contributed by atoms with E-state index >= 15 is 0 Å². The van der Waals surface area contributed by atoms with Gasteiger partial charge in [0.05, 0.1) is 10.0 Å². The molecule has 0 aliphatic carbocycles. The van der Waals surface area contributed by atoms with Gasteiger partial charge in [-0.05, 0) is 30.3 Å². The first-order valence-electron chi connectivity index (χ1n) is 5.33. The van der Waals surface area contributed by atoms with Crippen LogP contribution in [0.5, 0.6) is 11.5 Å². The highest BCUT2D eigenvalue weighted by Crippen LogP contribution is 2.38. The molecular formula is C13H8BrCl2NO3. The van der Waals surface area contributed by atoms with E-state index in [1.165, 1.54) is 12.1 Å². The summed E-state index contributed by atoms with van der Waals surface area (Å²) in [5, 5.41) is 9.59. The number of carboxylic acids is 1. The molecule has 0 amide bonds. The van der Waals surface area contributed by atoms with E-state index in [0.29, 0.717) is 10.8 Å². The van der Waals surface area contributed by atoms with Gasteiger partial charge in [0, 0.05) is 10.2 Å². The molecule has 7 heteroatoms. The maximum atomic E-state index is 11.2. The minimum atomic E-state index is -1.19. The second kappa shape index (κ2) is 5.91. The zero-order valence-electron chi connectivity index (χ0n) is 9.86. The van der Waals surface area contributed by atoms with Gasteiger partial charge >= 0.3 is 5.97 Å². The Hall–Kier alpha value is -1.43. The van der Waals surface area contributed by atoms with Crippen molar-refractivity contribution in [2.75, 3.05) is 5.73 Å². The highest BCUT2D eigenvalue weighted by molar-refractivity contribution is 9.10. The number of hydrogen-bond acceptors (Lipinski definition) is 3. The predicted octanol–water partition coefficient (Wildman–Crippen LogP) is 4.83. The summed E-state index contributed by atoms with van der Waals surface area (Å²) < 4.78 is 6.30. The van der Waals surface area contributed by atoms with Gasteiger partial charge in [0.25, 0.3) is 0 Å². The quantitative estimate of drug-likeness (QED) is 0.752. The molecule has 0 aromatic heterocycles. The van der Waals surface area contributed by atoms with Gasteiger partial charge in [0.15, 0.2) is 5.75 Å². The Morgan fingerprint density at radius 1 is 1.20 bits per heavy atom. The van der Waals surface area contributed by atoms with Crippen LogP contribution in [-0.4, -0.2) is 11.1 Å². The summed E-state index contributed by atoms with van der Waals surface area (Å²) in [6.45, 7) is 0. The summed E-state index contributed by atoms with van der Waals surface area (Å²) in [4.78, 5) is 11.2. The Balaban J connectivity index is 2.50. The molecule has 20 heavy (non-hydrogen) atoms. The average molecular weight is 377 g/mol. The fourth-order valence-corrected chi connectivity index (χ4v) is 2.52. The molecule has 104 valence electrons. The fourth-order valence-electron chi connectivity index (χ4n) is 1.54. The highest BCUT2D eigenvalue weighted by atomic mass is 79.9. The van der Waals surface area contributed by atoms with Gasteiger partial charge in [-0.3, -0.25) is 0 Å². The van der Waals surface area contributed by atoms with Crippen molar-refractivity contribution in [3.63, 3.8) is 0 Å². The van der Waals surface area contributed by atoms with E-state index < -0.39 is 5.97 Å². The van der Waals surface area contributed by atoms with Crippen molar-refractivity contribution in [1.29, 1.82) is 0 Å². The summed E-state index contributed by atoms with van der Waals surface area (Å²) in [6, 6.07) is 7.63. The van der Waals surface area contributed by atoms with Gasteiger partial charge in [-0.2, -0.15) is 0 Å². The number of benzene rings is 2. The zero-order valence-corrected chi connectivity index (χ0v) is 13.0. The van der Waals surface area contributed by atoms with Crippen molar-refractivity contribution in [3.8, 4) is 11.5 Å². The topological polar surface area (TPSA) is 72.5 Å². The number of nitrogens with two attached hydrogens (primary N) is 1. The molecule has 0 heterocycles. The van der Waals surface area contributed by atoms with Gasteiger partial charge in [-0.25, -0.2) is 4.79 Å². The van der Waals surface area contributed by atoms with Gasteiger partial charge in [-0.1, -0.05) is 39.1 Å². The Kier molecular flexibility index (Phi) is 4.42. The Labute approximate surface area is 133 Å². The number of aromatic carboxylic acids is 1. The number of carbonyl (C=O) groups is 1. The number of carboxylic acid groups (broad SMARTS) is 1. The van der Waals surface area contributed by atoms with Crippen molar-refractivity contribution in [2.45, 2.75) is 0 Å².